The Bertz CT molecular complexity index is 324. The zero-order chi connectivity index (χ0) is 15.0. The SMILES string of the molecule is COC(=O)CCCC=CC[C@H]1C(Cl)CC(OP)[C@@H]1CO. The number of carbonyl (C=O) groups excluding carboxylic acids is 1. The molecule has 6 heteroatoms. The molecule has 1 rings (SSSR count). The highest BCUT2D eigenvalue weighted by molar-refractivity contribution is 7.09. The first-order valence-corrected chi connectivity index (χ1v) is 7.87. The first kappa shape index (κ1) is 17.9. The second kappa shape index (κ2) is 9.73. The summed E-state index contributed by atoms with van der Waals surface area (Å²) in [4.78, 5) is 10.9. The minimum atomic E-state index is -0.171. The van der Waals surface area contributed by atoms with Crippen LogP contribution in [-0.4, -0.2) is 36.3 Å². The fourth-order valence-corrected chi connectivity index (χ4v) is 3.46. The lowest BCUT2D eigenvalue weighted by molar-refractivity contribution is -0.140. The van der Waals surface area contributed by atoms with Crippen molar-refractivity contribution in [1.29, 1.82) is 0 Å². The molecule has 1 aliphatic rings. The molecule has 5 atom stereocenters. The van der Waals surface area contributed by atoms with Gasteiger partial charge in [-0.15, -0.1) is 11.6 Å². The van der Waals surface area contributed by atoms with Gasteiger partial charge in [0.2, 0.25) is 0 Å². The summed E-state index contributed by atoms with van der Waals surface area (Å²) in [6.07, 6.45) is 7.87. The van der Waals surface area contributed by atoms with Gasteiger partial charge in [-0.1, -0.05) is 12.2 Å². The van der Waals surface area contributed by atoms with Gasteiger partial charge >= 0.3 is 5.97 Å². The first-order chi connectivity index (χ1) is 9.63. The summed E-state index contributed by atoms with van der Waals surface area (Å²) in [5.74, 6) is 0.162. The van der Waals surface area contributed by atoms with Crippen LogP contribution in [0.1, 0.15) is 32.1 Å². The molecule has 0 heterocycles. The van der Waals surface area contributed by atoms with Crippen molar-refractivity contribution in [3.8, 4) is 0 Å². The van der Waals surface area contributed by atoms with Crippen molar-refractivity contribution < 1.29 is 19.2 Å². The smallest absolute Gasteiger partial charge is 0.305 e. The third-order valence-corrected chi connectivity index (χ3v) is 4.74. The minimum Gasteiger partial charge on any atom is -0.469 e. The molecule has 0 spiro atoms. The van der Waals surface area contributed by atoms with Crippen LogP contribution in [-0.2, 0) is 14.1 Å². The van der Waals surface area contributed by atoms with Gasteiger partial charge in [0.25, 0.3) is 0 Å². The number of alkyl halides is 1. The number of aliphatic hydroxyl groups excluding tert-OH is 1. The Morgan fingerprint density at radius 3 is 2.80 bits per heavy atom. The van der Waals surface area contributed by atoms with Gasteiger partial charge in [-0.3, -0.25) is 4.79 Å². The standard InChI is InChI=1S/C14H24ClO4P/c1-18-14(17)7-5-3-2-4-6-10-11(9-16)13(19-20)8-12(10)15/h2,4,10-13,16H,3,5-9,20H2,1H3/t10-,11-,12?,13?/m1/s1. The van der Waals surface area contributed by atoms with E-state index in [4.69, 9.17) is 16.1 Å². The lowest BCUT2D eigenvalue weighted by Crippen LogP contribution is -2.24. The number of rotatable bonds is 8. The molecule has 0 bridgehead atoms. The summed E-state index contributed by atoms with van der Waals surface area (Å²) < 4.78 is 9.88. The van der Waals surface area contributed by atoms with Gasteiger partial charge in [-0.25, -0.2) is 0 Å². The molecule has 0 aromatic heterocycles. The Morgan fingerprint density at radius 1 is 1.45 bits per heavy atom. The largest absolute Gasteiger partial charge is 0.469 e. The molecule has 1 aliphatic carbocycles. The van der Waals surface area contributed by atoms with Gasteiger partial charge in [-0.05, 0) is 31.6 Å². The first-order valence-electron chi connectivity index (χ1n) is 6.96. The lowest BCUT2D eigenvalue weighted by atomic mass is 9.92. The van der Waals surface area contributed by atoms with E-state index in [9.17, 15) is 9.90 Å². The molecule has 1 saturated carbocycles. The number of allylic oxidation sites excluding steroid dienone is 2. The van der Waals surface area contributed by atoms with Crippen LogP contribution >= 0.6 is 21.1 Å². The summed E-state index contributed by atoms with van der Waals surface area (Å²) in [5.41, 5.74) is 0. The van der Waals surface area contributed by atoms with Crippen LogP contribution in [0.3, 0.4) is 0 Å². The predicted octanol–water partition coefficient (Wildman–Crippen LogP) is 2.69. The van der Waals surface area contributed by atoms with Crippen LogP contribution in [0.5, 0.6) is 0 Å². The van der Waals surface area contributed by atoms with Crippen LogP contribution in [0.15, 0.2) is 12.2 Å². The van der Waals surface area contributed by atoms with Gasteiger partial charge in [0.15, 0.2) is 0 Å². The number of aliphatic hydroxyl groups is 1. The van der Waals surface area contributed by atoms with E-state index >= 15 is 0 Å². The number of carbonyl (C=O) groups is 1. The number of unbranched alkanes of at least 4 members (excludes halogenated alkanes) is 1. The molecule has 1 N–H and O–H groups in total. The van der Waals surface area contributed by atoms with E-state index in [1.165, 1.54) is 7.11 Å². The molecule has 0 aromatic rings. The van der Waals surface area contributed by atoms with Crippen LogP contribution in [0.4, 0.5) is 0 Å². The van der Waals surface area contributed by atoms with Crippen LogP contribution in [0.2, 0.25) is 0 Å². The average Bonchev–Trinajstić information content (AvgIpc) is 2.77. The molecule has 1 fully saturated rings. The van der Waals surface area contributed by atoms with Gasteiger partial charge < -0.3 is 14.4 Å². The minimum absolute atomic E-state index is 0.0187. The van der Waals surface area contributed by atoms with Crippen molar-refractivity contribution in [2.45, 2.75) is 43.6 Å². The van der Waals surface area contributed by atoms with Crippen LogP contribution < -0.4 is 0 Å². The average molecular weight is 323 g/mol. The highest BCUT2D eigenvalue weighted by Gasteiger charge is 2.41. The number of methoxy groups -OCH3 is 1. The molecule has 116 valence electrons. The van der Waals surface area contributed by atoms with E-state index < -0.39 is 0 Å². The van der Waals surface area contributed by atoms with Crippen molar-refractivity contribution in [2.75, 3.05) is 13.7 Å². The molecule has 0 aliphatic heterocycles. The number of halogens is 1. The van der Waals surface area contributed by atoms with Crippen molar-refractivity contribution >= 4 is 27.0 Å². The van der Waals surface area contributed by atoms with Crippen molar-refractivity contribution in [3.05, 3.63) is 12.2 Å². The van der Waals surface area contributed by atoms with E-state index in [1.807, 2.05) is 0 Å². The van der Waals surface area contributed by atoms with E-state index in [0.717, 1.165) is 25.7 Å². The molecule has 3 unspecified atom stereocenters. The lowest BCUT2D eigenvalue weighted by Gasteiger charge is -2.21. The van der Waals surface area contributed by atoms with Gasteiger partial charge in [0, 0.05) is 33.8 Å². The number of ether oxygens (including phenoxy) is 1. The molecule has 0 radical (unpaired) electrons. The quantitative estimate of drug-likeness (QED) is 0.245. The number of esters is 1. The summed E-state index contributed by atoms with van der Waals surface area (Å²) in [7, 11) is 3.66. The van der Waals surface area contributed by atoms with E-state index in [-0.39, 0.29) is 35.9 Å². The fourth-order valence-electron chi connectivity index (χ4n) is 2.68. The monoisotopic (exact) mass is 322 g/mol. The summed E-state index contributed by atoms with van der Waals surface area (Å²) in [6.45, 7) is 0.100. The van der Waals surface area contributed by atoms with Crippen LogP contribution in [0, 0.1) is 11.8 Å². The third-order valence-electron chi connectivity index (χ3n) is 3.89. The van der Waals surface area contributed by atoms with Gasteiger partial charge in [0.1, 0.15) is 0 Å². The van der Waals surface area contributed by atoms with Gasteiger partial charge in [0.05, 0.1) is 13.2 Å². The highest BCUT2D eigenvalue weighted by atomic mass is 35.5. The summed E-state index contributed by atoms with van der Waals surface area (Å²) >= 11 is 6.33. The van der Waals surface area contributed by atoms with E-state index in [0.29, 0.717) is 6.42 Å². The van der Waals surface area contributed by atoms with E-state index in [1.54, 1.807) is 0 Å². The number of hydrogen-bond acceptors (Lipinski definition) is 4. The summed E-state index contributed by atoms with van der Waals surface area (Å²) in [6, 6.07) is 0. The fraction of sp³-hybridized carbons (Fsp3) is 0.786. The highest BCUT2D eigenvalue weighted by Crippen LogP contribution is 2.40. The van der Waals surface area contributed by atoms with Crippen molar-refractivity contribution in [2.24, 2.45) is 11.8 Å². The molecule has 20 heavy (non-hydrogen) atoms. The summed E-state index contributed by atoms with van der Waals surface area (Å²) in [5, 5.41) is 9.50. The molecular weight excluding hydrogens is 299 g/mol. The Kier molecular flexibility index (Phi) is 8.70. The Morgan fingerprint density at radius 2 is 2.20 bits per heavy atom. The maximum atomic E-state index is 10.9. The normalized spacial score (nSPS) is 30.0. The topological polar surface area (TPSA) is 55.8 Å². The molecule has 4 nitrogen and oxygen atoms in total. The molecule has 0 aromatic carbocycles. The second-order valence-electron chi connectivity index (χ2n) is 5.11. The Balaban J connectivity index is 2.31. The van der Waals surface area contributed by atoms with Crippen LogP contribution in [0.25, 0.3) is 0 Å². The van der Waals surface area contributed by atoms with Crippen molar-refractivity contribution in [1.82, 2.24) is 0 Å². The van der Waals surface area contributed by atoms with Crippen molar-refractivity contribution in [3.63, 3.8) is 0 Å². The second-order valence-corrected chi connectivity index (χ2v) is 5.94. The maximum Gasteiger partial charge on any atom is 0.305 e. The zero-order valence-corrected chi connectivity index (χ0v) is 13.7. The number of hydrogen-bond donors (Lipinski definition) is 1. The Labute approximate surface area is 128 Å². The molecular formula is C14H24ClO4P. The van der Waals surface area contributed by atoms with Gasteiger partial charge in [-0.2, -0.15) is 0 Å². The Hall–Kier alpha value is -0.150. The predicted molar refractivity (Wildman–Crippen MR) is 82.5 cm³/mol. The molecule has 0 saturated heterocycles. The zero-order valence-electron chi connectivity index (χ0n) is 11.8. The third kappa shape index (κ3) is 5.33. The maximum absolute atomic E-state index is 10.9. The van der Waals surface area contributed by atoms with E-state index in [2.05, 4.69) is 26.4 Å². The molecule has 0 amide bonds.